The summed E-state index contributed by atoms with van der Waals surface area (Å²) in [6.07, 6.45) is 10.6. The second-order valence-electron chi connectivity index (χ2n) is 17.9. The molecule has 3 saturated carbocycles. The van der Waals surface area contributed by atoms with Crippen LogP contribution in [0.3, 0.4) is 0 Å². The maximum Gasteiger partial charge on any atom is 0.339 e. The van der Waals surface area contributed by atoms with Gasteiger partial charge in [-0.2, -0.15) is 0 Å². The van der Waals surface area contributed by atoms with Crippen LogP contribution < -0.4 is 0 Å². The molecule has 0 amide bonds. The molecule has 1 N–H and O–H groups in total. The molecule has 6 aliphatic heterocycles. The van der Waals surface area contributed by atoms with Crippen LogP contribution in [-0.4, -0.2) is 96.4 Å². The first-order valence-electron chi connectivity index (χ1n) is 19.2. The number of carbonyl (C=O) groups excluding carboxylic acids is 3. The van der Waals surface area contributed by atoms with Crippen molar-refractivity contribution in [2.75, 3.05) is 19.8 Å². The number of Topliss-reactive ketones (excluding diaryl/α,β-unsaturated/α-hetero) is 1. The summed E-state index contributed by atoms with van der Waals surface area (Å²) in [5.74, 6) is -1.90. The van der Waals surface area contributed by atoms with Gasteiger partial charge in [0.05, 0.1) is 42.3 Å². The third-order valence-electron chi connectivity index (χ3n) is 15.3. The second-order valence-corrected chi connectivity index (χ2v) is 17.9. The van der Waals surface area contributed by atoms with E-state index in [1.54, 1.807) is 6.34 Å². The van der Waals surface area contributed by atoms with E-state index in [2.05, 4.69) is 23.0 Å². The van der Waals surface area contributed by atoms with E-state index in [0.717, 1.165) is 69.2 Å². The van der Waals surface area contributed by atoms with Crippen molar-refractivity contribution in [1.29, 1.82) is 0 Å². The second kappa shape index (κ2) is 11.0. The van der Waals surface area contributed by atoms with Crippen LogP contribution in [0.5, 0.6) is 0 Å². The first-order valence-corrected chi connectivity index (χ1v) is 19.2. The average Bonchev–Trinajstić information content (AvgIpc) is 3.54. The molecule has 3 spiro atoms. The molecule has 6 heterocycles. The Hall–Kier alpha value is -2.47. The highest BCUT2D eigenvalue weighted by atomic mass is 16.7. The standard InChI is InChI=1S/C39H52N2O9/c1-34(2)27-26(42)28(43)36(4)25(38(27)20-47-33(45)37(32(38)50-34)15-9-10-16-37)13-17-35(3)29(48-31(44)30-39(35,36)49-30)23-14-18-46-24(23)12-8-6-5-7-11-22-19-40-21-41-22/h14,21,24-25,27-30,32,43H,5-13,15-20H2,1-4H3/t24?,25-,27+,28+,29-,30+,32-,35-,36-,38+,39+/m0/s1. The van der Waals surface area contributed by atoms with E-state index in [1.807, 2.05) is 20.8 Å². The highest BCUT2D eigenvalue weighted by Crippen LogP contribution is 2.80. The van der Waals surface area contributed by atoms with E-state index in [0.29, 0.717) is 32.3 Å². The molecule has 0 aromatic carbocycles. The molecule has 272 valence electrons. The number of hydrogen-bond donors (Lipinski definition) is 1. The zero-order valence-corrected chi connectivity index (χ0v) is 29.9. The van der Waals surface area contributed by atoms with Crippen molar-refractivity contribution in [3.63, 3.8) is 0 Å². The number of esters is 2. The van der Waals surface area contributed by atoms with E-state index in [-0.39, 0.29) is 30.4 Å². The number of hydrogen-bond acceptors (Lipinski definition) is 11. The molecule has 1 unspecified atom stereocenters. The predicted molar refractivity (Wildman–Crippen MR) is 180 cm³/mol. The summed E-state index contributed by atoms with van der Waals surface area (Å²) in [4.78, 5) is 50.9. The Labute approximate surface area is 294 Å². The fourth-order valence-electron chi connectivity index (χ4n) is 13.3. The summed E-state index contributed by atoms with van der Waals surface area (Å²) in [5, 5.41) is 12.4. The molecule has 0 radical (unpaired) electrons. The zero-order chi connectivity index (χ0) is 34.9. The van der Waals surface area contributed by atoms with Crippen LogP contribution in [0, 0.1) is 33.5 Å². The van der Waals surface area contributed by atoms with Crippen LogP contribution >= 0.6 is 0 Å². The first-order chi connectivity index (χ1) is 23.9. The fraction of sp³-hybridized carbons (Fsp3) is 0.821. The summed E-state index contributed by atoms with van der Waals surface area (Å²) in [5.41, 5.74) is -3.44. The van der Waals surface area contributed by atoms with Gasteiger partial charge in [-0.1, -0.05) is 52.0 Å². The fourth-order valence-corrected chi connectivity index (χ4v) is 13.3. The number of aliphatic hydroxyl groups excluding tert-OH is 1. The molecule has 9 rings (SSSR count). The van der Waals surface area contributed by atoms with Crippen LogP contribution in [-0.2, 0) is 38.1 Å². The minimum Gasteiger partial charge on any atom is -0.464 e. The van der Waals surface area contributed by atoms with E-state index in [4.69, 9.17) is 23.7 Å². The Kier molecular flexibility index (Phi) is 7.36. The number of aliphatic imine (C=N–C) groups is 2. The Bertz CT molecular complexity index is 1600. The van der Waals surface area contributed by atoms with Gasteiger partial charge in [-0.25, -0.2) is 9.79 Å². The van der Waals surface area contributed by atoms with Crippen LogP contribution in [0.4, 0.5) is 0 Å². The lowest BCUT2D eigenvalue weighted by molar-refractivity contribution is -0.261. The molecule has 11 atom stereocenters. The summed E-state index contributed by atoms with van der Waals surface area (Å²) in [6, 6.07) is 0. The summed E-state index contributed by atoms with van der Waals surface area (Å²) < 4.78 is 32.4. The lowest BCUT2D eigenvalue weighted by atomic mass is 9.35. The molecule has 9 aliphatic rings. The first kappa shape index (κ1) is 33.4. The number of ketones is 1. The van der Waals surface area contributed by atoms with Gasteiger partial charge in [-0.3, -0.25) is 14.6 Å². The molecule has 0 aromatic rings. The molecule has 4 saturated heterocycles. The van der Waals surface area contributed by atoms with Crippen molar-refractivity contribution >= 4 is 29.8 Å². The Morgan fingerprint density at radius 1 is 0.960 bits per heavy atom. The molecule has 50 heavy (non-hydrogen) atoms. The minimum absolute atomic E-state index is 0.0688. The molecule has 3 aliphatic carbocycles. The van der Waals surface area contributed by atoms with Crippen LogP contribution in [0.15, 0.2) is 21.6 Å². The molecule has 0 bridgehead atoms. The van der Waals surface area contributed by atoms with Crippen molar-refractivity contribution in [1.82, 2.24) is 0 Å². The van der Waals surface area contributed by atoms with E-state index in [9.17, 15) is 19.5 Å². The van der Waals surface area contributed by atoms with Gasteiger partial charge in [0, 0.05) is 22.0 Å². The average molecular weight is 693 g/mol. The summed E-state index contributed by atoms with van der Waals surface area (Å²) in [6.45, 7) is 9.21. The number of rotatable bonds is 8. The highest BCUT2D eigenvalue weighted by Gasteiger charge is 2.91. The number of cyclic esters (lactones) is 2. The van der Waals surface area contributed by atoms with Gasteiger partial charge < -0.3 is 28.8 Å². The van der Waals surface area contributed by atoms with Crippen molar-refractivity contribution in [3.8, 4) is 0 Å². The number of fused-ring (bicyclic) bond motifs is 2. The van der Waals surface area contributed by atoms with Gasteiger partial charge >= 0.3 is 11.9 Å². The van der Waals surface area contributed by atoms with Crippen molar-refractivity contribution in [2.24, 2.45) is 43.5 Å². The lowest BCUT2D eigenvalue weighted by Crippen LogP contribution is -2.78. The summed E-state index contributed by atoms with van der Waals surface area (Å²) >= 11 is 0. The topological polar surface area (TPSA) is 146 Å². The zero-order valence-electron chi connectivity index (χ0n) is 29.9. The molecule has 11 nitrogen and oxygen atoms in total. The van der Waals surface area contributed by atoms with Gasteiger partial charge in [-0.15, -0.1) is 0 Å². The highest BCUT2D eigenvalue weighted by molar-refractivity contribution is 5.96. The number of epoxide rings is 1. The molecule has 7 fully saturated rings. The largest absolute Gasteiger partial charge is 0.464 e. The van der Waals surface area contributed by atoms with E-state index in [1.165, 1.54) is 0 Å². The number of aliphatic hydroxyl groups is 1. The van der Waals surface area contributed by atoms with Crippen LogP contribution in [0.2, 0.25) is 0 Å². The van der Waals surface area contributed by atoms with Crippen LogP contribution in [0.25, 0.3) is 0 Å². The molecular weight excluding hydrogens is 640 g/mol. The van der Waals surface area contributed by atoms with E-state index >= 15 is 0 Å². The third-order valence-corrected chi connectivity index (χ3v) is 15.3. The summed E-state index contributed by atoms with van der Waals surface area (Å²) in [7, 11) is 0. The van der Waals surface area contributed by atoms with E-state index < -0.39 is 69.2 Å². The Balaban J connectivity index is 1.03. The van der Waals surface area contributed by atoms with Gasteiger partial charge in [0.2, 0.25) is 0 Å². The quantitative estimate of drug-likeness (QED) is 0.169. The normalized spacial score (nSPS) is 47.5. The minimum atomic E-state index is -1.38. The van der Waals surface area contributed by atoms with Crippen LogP contribution in [0.1, 0.15) is 105 Å². The maximum atomic E-state index is 14.8. The Morgan fingerprint density at radius 3 is 2.50 bits per heavy atom. The van der Waals surface area contributed by atoms with Gasteiger partial charge in [0.15, 0.2) is 11.9 Å². The Morgan fingerprint density at radius 2 is 1.74 bits per heavy atom. The SMILES string of the molecule is CC1(C)O[C@H]2C3(CCCC3)C(=O)OC[C@@]23[C@@H]1C(=O)[C@@H](O)[C@]1(C)[C@@H]3CC[C@@]2(C)[C@H](C3=CCOC3CCCCCCC3=NC=NC3)OC(=O)[C@H]3O[C@@]312. The third kappa shape index (κ3) is 3.98. The van der Waals surface area contributed by atoms with Gasteiger partial charge in [0.1, 0.15) is 30.8 Å². The maximum absolute atomic E-state index is 14.8. The smallest absolute Gasteiger partial charge is 0.339 e. The van der Waals surface area contributed by atoms with Gasteiger partial charge in [-0.05, 0) is 70.3 Å². The molecular formula is C39H52N2O9. The predicted octanol–water partition coefficient (Wildman–Crippen LogP) is 4.46. The monoisotopic (exact) mass is 692 g/mol. The number of unbranched alkanes of at least 4 members (excludes halogenated alkanes) is 3. The molecule has 0 aromatic heterocycles. The lowest BCUT2D eigenvalue weighted by Gasteiger charge is -2.67. The van der Waals surface area contributed by atoms with Gasteiger partial charge in [0.25, 0.3) is 0 Å². The number of carbonyl (C=O) groups is 3. The number of ether oxygens (including phenoxy) is 5. The number of nitrogens with zero attached hydrogens (tertiary/aromatic N) is 2. The van der Waals surface area contributed by atoms with Crippen molar-refractivity contribution < 1.29 is 43.2 Å². The van der Waals surface area contributed by atoms with Crippen molar-refractivity contribution in [3.05, 3.63) is 11.6 Å². The van der Waals surface area contributed by atoms with Crippen molar-refractivity contribution in [2.45, 2.75) is 146 Å². The molecule has 11 heteroatoms.